The lowest BCUT2D eigenvalue weighted by Crippen LogP contribution is -2.41. The molecule has 0 aliphatic carbocycles. The zero-order chi connectivity index (χ0) is 16.5. The molecule has 2 rings (SSSR count). The van der Waals surface area contributed by atoms with Gasteiger partial charge >= 0.3 is 7.12 Å². The standard InChI is InChI=1S/C16H21BClNO3/c1-15(2)16(3,4)22-17(21-15)13(9-19)8-11-5-6-14(18)12(7-11)10-20/h5-8,10H,9,19H2,1-4H3. The van der Waals surface area contributed by atoms with Gasteiger partial charge in [-0.3, -0.25) is 4.79 Å². The predicted molar refractivity (Wildman–Crippen MR) is 90.0 cm³/mol. The first-order valence-electron chi connectivity index (χ1n) is 7.21. The lowest BCUT2D eigenvalue weighted by molar-refractivity contribution is 0.00578. The average Bonchev–Trinajstić information content (AvgIpc) is 2.66. The number of rotatable bonds is 4. The summed E-state index contributed by atoms with van der Waals surface area (Å²) in [5.74, 6) is 0. The second-order valence-corrected chi connectivity index (χ2v) is 6.82. The highest BCUT2D eigenvalue weighted by molar-refractivity contribution is 6.55. The van der Waals surface area contributed by atoms with Gasteiger partial charge in [0, 0.05) is 12.1 Å². The van der Waals surface area contributed by atoms with Crippen LogP contribution in [0.5, 0.6) is 0 Å². The van der Waals surface area contributed by atoms with E-state index in [-0.39, 0.29) is 0 Å². The van der Waals surface area contributed by atoms with Crippen molar-refractivity contribution in [3.63, 3.8) is 0 Å². The summed E-state index contributed by atoms with van der Waals surface area (Å²) in [7, 11) is -0.495. The number of aldehydes is 1. The summed E-state index contributed by atoms with van der Waals surface area (Å²) in [6.07, 6.45) is 2.61. The number of halogens is 1. The minimum atomic E-state index is -0.495. The highest BCUT2D eigenvalue weighted by Crippen LogP contribution is 2.38. The number of benzene rings is 1. The van der Waals surface area contributed by atoms with E-state index in [0.717, 1.165) is 17.3 Å². The van der Waals surface area contributed by atoms with Crippen molar-refractivity contribution < 1.29 is 14.1 Å². The van der Waals surface area contributed by atoms with Crippen LogP contribution in [0.2, 0.25) is 5.02 Å². The first-order valence-corrected chi connectivity index (χ1v) is 7.59. The summed E-state index contributed by atoms with van der Waals surface area (Å²) in [6, 6.07) is 5.24. The molecule has 1 aromatic carbocycles. The molecule has 2 N–H and O–H groups in total. The topological polar surface area (TPSA) is 61.5 Å². The molecule has 1 aliphatic rings. The third-order valence-corrected chi connectivity index (χ3v) is 4.63. The van der Waals surface area contributed by atoms with E-state index in [9.17, 15) is 4.79 Å². The van der Waals surface area contributed by atoms with Crippen molar-refractivity contribution in [3.05, 3.63) is 39.8 Å². The van der Waals surface area contributed by atoms with E-state index in [2.05, 4.69) is 0 Å². The van der Waals surface area contributed by atoms with Crippen molar-refractivity contribution >= 4 is 31.1 Å². The van der Waals surface area contributed by atoms with Crippen LogP contribution < -0.4 is 5.73 Å². The van der Waals surface area contributed by atoms with Crippen molar-refractivity contribution in [2.24, 2.45) is 5.73 Å². The molecule has 0 radical (unpaired) electrons. The molecule has 0 spiro atoms. The van der Waals surface area contributed by atoms with Gasteiger partial charge in [0.25, 0.3) is 0 Å². The molecule has 0 atom stereocenters. The molecule has 0 aromatic heterocycles. The summed E-state index contributed by atoms with van der Waals surface area (Å²) in [5, 5.41) is 0.428. The second-order valence-electron chi connectivity index (χ2n) is 6.41. The smallest absolute Gasteiger partial charge is 0.400 e. The molecule has 0 unspecified atom stereocenters. The fourth-order valence-corrected chi connectivity index (χ4v) is 2.34. The number of hydrogen-bond acceptors (Lipinski definition) is 4. The molecule has 0 saturated carbocycles. The molecule has 22 heavy (non-hydrogen) atoms. The van der Waals surface area contributed by atoms with Crippen LogP contribution in [0.4, 0.5) is 0 Å². The first kappa shape index (κ1) is 17.2. The number of nitrogens with two attached hydrogens (primary N) is 1. The SMILES string of the molecule is CC1(C)OB(C(=Cc2ccc(Cl)c(C=O)c2)CN)OC1(C)C. The molecule has 6 heteroatoms. The minimum Gasteiger partial charge on any atom is -0.400 e. The van der Waals surface area contributed by atoms with Crippen LogP contribution in [0, 0.1) is 0 Å². The quantitative estimate of drug-likeness (QED) is 0.683. The maximum Gasteiger partial charge on any atom is 0.491 e. The van der Waals surface area contributed by atoms with Gasteiger partial charge in [-0.05, 0) is 50.9 Å². The molecule has 1 heterocycles. The Morgan fingerprint density at radius 3 is 2.36 bits per heavy atom. The summed E-state index contributed by atoms with van der Waals surface area (Å²) < 4.78 is 12.0. The van der Waals surface area contributed by atoms with Gasteiger partial charge in [0.2, 0.25) is 0 Å². The highest BCUT2D eigenvalue weighted by atomic mass is 35.5. The summed E-state index contributed by atoms with van der Waals surface area (Å²) in [4.78, 5) is 11.0. The van der Waals surface area contributed by atoms with Gasteiger partial charge in [-0.2, -0.15) is 0 Å². The van der Waals surface area contributed by atoms with Gasteiger partial charge in [-0.25, -0.2) is 0 Å². The Hall–Kier alpha value is -1.14. The minimum absolute atomic E-state index is 0.301. The summed E-state index contributed by atoms with van der Waals surface area (Å²) in [6.45, 7) is 8.28. The zero-order valence-electron chi connectivity index (χ0n) is 13.4. The normalized spacial score (nSPS) is 20.3. The number of carbonyl (C=O) groups excluding carboxylic acids is 1. The van der Waals surface area contributed by atoms with Gasteiger partial charge < -0.3 is 15.0 Å². The molecule has 0 bridgehead atoms. The van der Waals surface area contributed by atoms with Crippen molar-refractivity contribution in [1.82, 2.24) is 0 Å². The Morgan fingerprint density at radius 2 is 1.86 bits per heavy atom. The van der Waals surface area contributed by atoms with Gasteiger partial charge in [0.1, 0.15) is 0 Å². The van der Waals surface area contributed by atoms with Gasteiger partial charge in [-0.1, -0.05) is 23.7 Å². The molecular formula is C16H21BClNO3. The zero-order valence-corrected chi connectivity index (χ0v) is 14.1. The van der Waals surface area contributed by atoms with Crippen molar-refractivity contribution in [2.45, 2.75) is 38.9 Å². The van der Waals surface area contributed by atoms with Gasteiger partial charge in [0.05, 0.1) is 16.2 Å². The molecule has 4 nitrogen and oxygen atoms in total. The molecule has 1 fully saturated rings. The van der Waals surface area contributed by atoms with Crippen molar-refractivity contribution in [1.29, 1.82) is 0 Å². The largest absolute Gasteiger partial charge is 0.491 e. The Morgan fingerprint density at radius 1 is 1.27 bits per heavy atom. The molecular weight excluding hydrogens is 300 g/mol. The van der Waals surface area contributed by atoms with Gasteiger partial charge in [-0.15, -0.1) is 0 Å². The summed E-state index contributed by atoms with van der Waals surface area (Å²) in [5.41, 5.74) is 7.12. The Bertz CT molecular complexity index is 597. The van der Waals surface area contributed by atoms with Crippen LogP contribution in [-0.2, 0) is 9.31 Å². The lowest BCUT2D eigenvalue weighted by atomic mass is 9.77. The predicted octanol–water partition coefficient (Wildman–Crippen LogP) is 3.13. The van der Waals surface area contributed by atoms with Crippen molar-refractivity contribution in [2.75, 3.05) is 6.54 Å². The Balaban J connectivity index is 2.31. The maximum absolute atomic E-state index is 11.0. The molecule has 1 aliphatic heterocycles. The van der Waals surface area contributed by atoms with Crippen LogP contribution in [0.1, 0.15) is 43.6 Å². The molecule has 1 saturated heterocycles. The average molecular weight is 322 g/mol. The third kappa shape index (κ3) is 3.28. The van der Waals surface area contributed by atoms with E-state index in [1.807, 2.05) is 39.8 Å². The van der Waals surface area contributed by atoms with E-state index >= 15 is 0 Å². The molecule has 118 valence electrons. The Kier molecular flexibility index (Phi) is 4.83. The van der Waals surface area contributed by atoms with Crippen LogP contribution in [0.15, 0.2) is 23.7 Å². The van der Waals surface area contributed by atoms with Gasteiger partial charge in [0.15, 0.2) is 6.29 Å². The monoisotopic (exact) mass is 321 g/mol. The fraction of sp³-hybridized carbons (Fsp3) is 0.438. The fourth-order valence-electron chi connectivity index (χ4n) is 2.17. The van der Waals surface area contributed by atoms with E-state index in [1.165, 1.54) is 0 Å². The maximum atomic E-state index is 11.0. The highest BCUT2D eigenvalue weighted by Gasteiger charge is 2.52. The summed E-state index contributed by atoms with van der Waals surface area (Å²) >= 11 is 5.94. The van der Waals surface area contributed by atoms with Crippen LogP contribution in [0.3, 0.4) is 0 Å². The molecule has 1 aromatic rings. The van der Waals surface area contributed by atoms with E-state index in [1.54, 1.807) is 12.1 Å². The second kappa shape index (κ2) is 6.16. The van der Waals surface area contributed by atoms with E-state index in [0.29, 0.717) is 17.1 Å². The third-order valence-electron chi connectivity index (χ3n) is 4.29. The number of hydrogen-bond donors (Lipinski definition) is 1. The Labute approximate surface area is 136 Å². The van der Waals surface area contributed by atoms with E-state index in [4.69, 9.17) is 26.6 Å². The molecule has 0 amide bonds. The van der Waals surface area contributed by atoms with Crippen molar-refractivity contribution in [3.8, 4) is 0 Å². The van der Waals surface area contributed by atoms with Crippen LogP contribution >= 0.6 is 11.6 Å². The number of carbonyl (C=O) groups is 1. The van der Waals surface area contributed by atoms with Crippen LogP contribution in [-0.4, -0.2) is 31.2 Å². The van der Waals surface area contributed by atoms with Crippen LogP contribution in [0.25, 0.3) is 6.08 Å². The van der Waals surface area contributed by atoms with E-state index < -0.39 is 18.3 Å². The first-order chi connectivity index (χ1) is 10.2. The lowest BCUT2D eigenvalue weighted by Gasteiger charge is -2.32.